The minimum atomic E-state index is 0.139. The van der Waals surface area contributed by atoms with Crippen LogP contribution in [0.15, 0.2) is 35.3 Å². The first-order valence-corrected chi connectivity index (χ1v) is 10.8. The third-order valence-corrected chi connectivity index (χ3v) is 5.82. The zero-order valence-electron chi connectivity index (χ0n) is 17.1. The molecule has 28 heavy (non-hydrogen) atoms. The van der Waals surface area contributed by atoms with E-state index in [0.29, 0.717) is 25.0 Å². The van der Waals surface area contributed by atoms with Gasteiger partial charge >= 0.3 is 0 Å². The van der Waals surface area contributed by atoms with Crippen LogP contribution in [-0.2, 0) is 11.3 Å². The molecule has 0 bridgehead atoms. The van der Waals surface area contributed by atoms with Gasteiger partial charge in [-0.1, -0.05) is 43.2 Å². The summed E-state index contributed by atoms with van der Waals surface area (Å²) in [4.78, 5) is 18.9. The first-order valence-electron chi connectivity index (χ1n) is 10.8. The second kappa shape index (κ2) is 11.1. The normalized spacial score (nSPS) is 21.0. The largest absolute Gasteiger partial charge is 0.356 e. The number of carbonyl (C=O) groups is 1. The van der Waals surface area contributed by atoms with E-state index in [9.17, 15) is 4.79 Å². The van der Waals surface area contributed by atoms with Gasteiger partial charge in [0.15, 0.2) is 5.96 Å². The van der Waals surface area contributed by atoms with Crippen molar-refractivity contribution >= 4 is 11.9 Å². The lowest BCUT2D eigenvalue weighted by atomic mass is 10.2. The highest BCUT2D eigenvalue weighted by atomic mass is 16.1. The molecule has 2 aliphatic rings. The second-order valence-electron chi connectivity index (χ2n) is 7.93. The molecule has 0 spiro atoms. The molecule has 6 nitrogen and oxygen atoms in total. The van der Waals surface area contributed by atoms with Crippen LogP contribution in [0.2, 0.25) is 0 Å². The monoisotopic (exact) mass is 385 g/mol. The summed E-state index contributed by atoms with van der Waals surface area (Å²) in [6.07, 6.45) is 7.67. The fourth-order valence-corrected chi connectivity index (χ4v) is 4.25. The molecule has 1 atom stereocenters. The SMILES string of the molecule is CN=C(NCCC(=O)NC1CCCC1)NCC1CCCN1Cc1ccccc1. The predicted octanol–water partition coefficient (Wildman–Crippen LogP) is 2.26. The molecule has 1 aromatic carbocycles. The molecule has 2 fully saturated rings. The summed E-state index contributed by atoms with van der Waals surface area (Å²) in [7, 11) is 1.78. The van der Waals surface area contributed by atoms with E-state index in [0.717, 1.165) is 38.4 Å². The van der Waals surface area contributed by atoms with Crippen LogP contribution in [0.25, 0.3) is 0 Å². The van der Waals surface area contributed by atoms with Gasteiger partial charge in [-0.2, -0.15) is 0 Å². The zero-order chi connectivity index (χ0) is 19.6. The fraction of sp³-hybridized carbons (Fsp3) is 0.636. The number of likely N-dealkylation sites (tertiary alicyclic amines) is 1. The van der Waals surface area contributed by atoms with Gasteiger partial charge in [0.05, 0.1) is 0 Å². The summed E-state index contributed by atoms with van der Waals surface area (Å²) in [5, 5.41) is 9.84. The van der Waals surface area contributed by atoms with E-state index < -0.39 is 0 Å². The highest BCUT2D eigenvalue weighted by Gasteiger charge is 2.24. The van der Waals surface area contributed by atoms with Crippen LogP contribution in [0.1, 0.15) is 50.5 Å². The Labute approximate surface area is 169 Å². The van der Waals surface area contributed by atoms with Crippen molar-refractivity contribution in [1.29, 1.82) is 0 Å². The Morgan fingerprint density at radius 2 is 1.89 bits per heavy atom. The summed E-state index contributed by atoms with van der Waals surface area (Å²) in [5.74, 6) is 0.917. The molecule has 3 rings (SSSR count). The summed E-state index contributed by atoms with van der Waals surface area (Å²) in [6, 6.07) is 11.6. The molecular formula is C22H35N5O. The Morgan fingerprint density at radius 3 is 2.64 bits per heavy atom. The van der Waals surface area contributed by atoms with Crippen molar-refractivity contribution in [3.8, 4) is 0 Å². The minimum absolute atomic E-state index is 0.139. The van der Waals surface area contributed by atoms with E-state index in [1.165, 1.54) is 31.2 Å². The maximum Gasteiger partial charge on any atom is 0.221 e. The molecule has 1 aromatic rings. The highest BCUT2D eigenvalue weighted by molar-refractivity contribution is 5.81. The molecule has 1 aliphatic heterocycles. The molecular weight excluding hydrogens is 350 g/mol. The van der Waals surface area contributed by atoms with Crippen LogP contribution in [0.3, 0.4) is 0 Å². The molecule has 1 saturated carbocycles. The van der Waals surface area contributed by atoms with Crippen LogP contribution < -0.4 is 16.0 Å². The number of rotatable bonds is 8. The smallest absolute Gasteiger partial charge is 0.221 e. The number of carbonyl (C=O) groups excluding carboxylic acids is 1. The standard InChI is InChI=1S/C22H35N5O/c1-23-22(24-14-13-21(28)26-19-10-5-6-11-19)25-16-20-12-7-15-27(20)17-18-8-3-2-4-9-18/h2-4,8-9,19-20H,5-7,10-17H2,1H3,(H,26,28)(H2,23,24,25). The molecule has 1 heterocycles. The lowest BCUT2D eigenvalue weighted by molar-refractivity contribution is -0.121. The maximum absolute atomic E-state index is 12.0. The zero-order valence-corrected chi connectivity index (χ0v) is 17.1. The second-order valence-corrected chi connectivity index (χ2v) is 7.93. The quantitative estimate of drug-likeness (QED) is 0.474. The minimum Gasteiger partial charge on any atom is -0.356 e. The van der Waals surface area contributed by atoms with Crippen molar-refractivity contribution in [2.24, 2.45) is 4.99 Å². The van der Waals surface area contributed by atoms with Crippen LogP contribution in [0.5, 0.6) is 0 Å². The first kappa shape index (κ1) is 20.6. The molecule has 1 unspecified atom stereocenters. The number of hydrogen-bond donors (Lipinski definition) is 3. The average molecular weight is 386 g/mol. The third kappa shape index (κ3) is 6.51. The van der Waals surface area contributed by atoms with Crippen molar-refractivity contribution in [2.75, 3.05) is 26.7 Å². The maximum atomic E-state index is 12.0. The number of nitrogens with zero attached hydrogens (tertiary/aromatic N) is 2. The van der Waals surface area contributed by atoms with Crippen molar-refractivity contribution < 1.29 is 4.79 Å². The van der Waals surface area contributed by atoms with Crippen LogP contribution in [-0.4, -0.2) is 55.5 Å². The number of benzene rings is 1. The highest BCUT2D eigenvalue weighted by Crippen LogP contribution is 2.19. The molecule has 6 heteroatoms. The number of nitrogens with one attached hydrogen (secondary N) is 3. The van der Waals surface area contributed by atoms with Gasteiger partial charge in [0.2, 0.25) is 5.91 Å². The Kier molecular flexibility index (Phi) is 8.15. The molecule has 0 radical (unpaired) electrons. The van der Waals surface area contributed by atoms with Crippen LogP contribution >= 0.6 is 0 Å². The van der Waals surface area contributed by atoms with Crippen LogP contribution in [0.4, 0.5) is 0 Å². The molecule has 1 amide bonds. The lowest BCUT2D eigenvalue weighted by Gasteiger charge is -2.25. The van der Waals surface area contributed by atoms with Gasteiger partial charge in [-0.05, 0) is 37.8 Å². The Morgan fingerprint density at radius 1 is 1.11 bits per heavy atom. The summed E-state index contributed by atoms with van der Waals surface area (Å²) in [5.41, 5.74) is 1.37. The van der Waals surface area contributed by atoms with Gasteiger partial charge in [-0.25, -0.2) is 0 Å². The van der Waals surface area contributed by atoms with Gasteiger partial charge in [0.25, 0.3) is 0 Å². The molecule has 0 aromatic heterocycles. The van der Waals surface area contributed by atoms with E-state index in [1.807, 2.05) is 0 Å². The Bertz CT molecular complexity index is 627. The van der Waals surface area contributed by atoms with Crippen LogP contribution in [0, 0.1) is 0 Å². The average Bonchev–Trinajstić information content (AvgIpc) is 3.37. The molecule has 1 aliphatic carbocycles. The Balaban J connectivity index is 1.35. The van der Waals surface area contributed by atoms with E-state index in [1.54, 1.807) is 7.05 Å². The van der Waals surface area contributed by atoms with Gasteiger partial charge in [0, 0.05) is 45.2 Å². The summed E-state index contributed by atoms with van der Waals surface area (Å²) >= 11 is 0. The van der Waals surface area contributed by atoms with Gasteiger partial charge in [-0.15, -0.1) is 0 Å². The van der Waals surface area contributed by atoms with E-state index in [4.69, 9.17) is 0 Å². The predicted molar refractivity (Wildman–Crippen MR) is 114 cm³/mol. The van der Waals surface area contributed by atoms with E-state index in [2.05, 4.69) is 56.2 Å². The van der Waals surface area contributed by atoms with Gasteiger partial charge in [0.1, 0.15) is 0 Å². The van der Waals surface area contributed by atoms with Crippen molar-refractivity contribution in [2.45, 2.75) is 63.6 Å². The lowest BCUT2D eigenvalue weighted by Crippen LogP contribution is -2.45. The third-order valence-electron chi connectivity index (χ3n) is 5.82. The topological polar surface area (TPSA) is 68.8 Å². The van der Waals surface area contributed by atoms with Crippen molar-refractivity contribution in [3.05, 3.63) is 35.9 Å². The first-order chi connectivity index (χ1) is 13.7. The van der Waals surface area contributed by atoms with Gasteiger partial charge in [-0.3, -0.25) is 14.7 Å². The van der Waals surface area contributed by atoms with E-state index in [-0.39, 0.29) is 5.91 Å². The number of amides is 1. The van der Waals surface area contributed by atoms with Crippen molar-refractivity contribution in [1.82, 2.24) is 20.9 Å². The number of guanidine groups is 1. The molecule has 3 N–H and O–H groups in total. The van der Waals surface area contributed by atoms with Crippen molar-refractivity contribution in [3.63, 3.8) is 0 Å². The number of hydrogen-bond acceptors (Lipinski definition) is 3. The summed E-state index contributed by atoms with van der Waals surface area (Å²) < 4.78 is 0. The fourth-order valence-electron chi connectivity index (χ4n) is 4.25. The summed E-state index contributed by atoms with van der Waals surface area (Å²) in [6.45, 7) is 3.63. The van der Waals surface area contributed by atoms with E-state index >= 15 is 0 Å². The Hall–Kier alpha value is -2.08. The molecule has 154 valence electrons. The molecule has 1 saturated heterocycles. The number of aliphatic imine (C=N–C) groups is 1. The van der Waals surface area contributed by atoms with Gasteiger partial charge < -0.3 is 16.0 Å².